The van der Waals surface area contributed by atoms with Gasteiger partial charge >= 0.3 is 5.97 Å². The Morgan fingerprint density at radius 1 is 0.976 bits per heavy atom. The molecule has 220 valence electrons. The average molecular weight is 572 g/mol. The molecule has 13 heteroatoms. The molecule has 5 rings (SSSR count). The first-order valence-corrected chi connectivity index (χ1v) is 13.4. The lowest BCUT2D eigenvalue weighted by Gasteiger charge is -2.46. The average Bonchev–Trinajstić information content (AvgIpc) is 3.42. The number of hydrogen-bond acceptors (Lipinski definition) is 11. The van der Waals surface area contributed by atoms with Crippen molar-refractivity contribution in [3.05, 3.63) is 82.2 Å². The summed E-state index contributed by atoms with van der Waals surface area (Å²) in [5.41, 5.74) is 10.9. The number of carbonyl (C=O) groups is 1. The van der Waals surface area contributed by atoms with E-state index in [-0.39, 0.29) is 19.8 Å². The van der Waals surface area contributed by atoms with Crippen LogP contribution >= 0.6 is 0 Å². The Hall–Kier alpha value is -3.10. The van der Waals surface area contributed by atoms with Crippen molar-refractivity contribution in [2.75, 3.05) is 13.2 Å². The van der Waals surface area contributed by atoms with Crippen LogP contribution in [-0.2, 0) is 51.2 Å². The molecule has 0 unspecified atom stereocenters. The zero-order valence-corrected chi connectivity index (χ0v) is 22.4. The normalized spacial score (nSPS) is 34.5. The molecule has 2 aromatic carbocycles. The van der Waals surface area contributed by atoms with E-state index in [1.807, 2.05) is 60.7 Å². The molecular formula is C28H33N3O10. The van der Waals surface area contributed by atoms with Crippen LogP contribution in [0.15, 0.2) is 65.8 Å². The molecule has 2 aromatic rings. The minimum absolute atomic E-state index is 0.0901. The molecule has 2 N–H and O–H groups in total. The first-order chi connectivity index (χ1) is 20.0. The monoisotopic (exact) mass is 571 g/mol. The number of rotatable bonds is 11. The molecular weight excluding hydrogens is 538 g/mol. The highest BCUT2D eigenvalue weighted by Crippen LogP contribution is 2.37. The number of carbonyl (C=O) groups excluding carboxylic acids is 1. The van der Waals surface area contributed by atoms with E-state index in [1.54, 1.807) is 0 Å². The summed E-state index contributed by atoms with van der Waals surface area (Å²) < 4.78 is 41.9. The third kappa shape index (κ3) is 6.87. The molecule has 13 nitrogen and oxygen atoms in total. The number of esters is 1. The third-order valence-corrected chi connectivity index (χ3v) is 7.19. The predicted molar refractivity (Wildman–Crippen MR) is 140 cm³/mol. The SMILES string of the molecule is CC(=O)O[C@@H]1[C@@H](N=[N+]=[N-])[C@@H]2OC[C@@H](O2)[C@H]1O[C@@H]1O[C@H](CO)[C@@H](O)[C@H](OCc2ccccc2)[C@H]1OCc1ccccc1. The van der Waals surface area contributed by atoms with Crippen LogP contribution in [0.1, 0.15) is 18.1 Å². The summed E-state index contributed by atoms with van der Waals surface area (Å²) in [4.78, 5) is 14.9. The maximum Gasteiger partial charge on any atom is 0.303 e. The number of azide groups is 1. The fraction of sp³-hybridized carbons (Fsp3) is 0.536. The van der Waals surface area contributed by atoms with Gasteiger partial charge in [0.05, 0.1) is 26.4 Å². The Bertz CT molecular complexity index is 1180. The lowest BCUT2D eigenvalue weighted by Crippen LogP contribution is -2.64. The Morgan fingerprint density at radius 3 is 2.20 bits per heavy atom. The van der Waals surface area contributed by atoms with Gasteiger partial charge in [-0.3, -0.25) is 4.79 Å². The molecule has 0 aliphatic carbocycles. The second-order valence-electron chi connectivity index (χ2n) is 9.99. The molecule has 3 fully saturated rings. The Labute approximate surface area is 236 Å². The van der Waals surface area contributed by atoms with Gasteiger partial charge in [-0.1, -0.05) is 65.8 Å². The van der Waals surface area contributed by atoms with Crippen molar-refractivity contribution in [3.8, 4) is 0 Å². The predicted octanol–water partition coefficient (Wildman–Crippen LogP) is 1.99. The molecule has 0 radical (unpaired) electrons. The molecule has 3 aliphatic heterocycles. The number of benzene rings is 2. The van der Waals surface area contributed by atoms with Crippen LogP contribution in [-0.4, -0.2) is 90.7 Å². The van der Waals surface area contributed by atoms with Crippen LogP contribution in [0, 0.1) is 0 Å². The molecule has 3 heterocycles. The van der Waals surface area contributed by atoms with E-state index in [9.17, 15) is 15.0 Å². The van der Waals surface area contributed by atoms with Crippen LogP contribution in [0.5, 0.6) is 0 Å². The summed E-state index contributed by atoms with van der Waals surface area (Å²) in [5.74, 6) is -0.614. The summed E-state index contributed by atoms with van der Waals surface area (Å²) in [6.45, 7) is 1.09. The fourth-order valence-electron chi connectivity index (χ4n) is 5.23. The van der Waals surface area contributed by atoms with Gasteiger partial charge in [0, 0.05) is 11.8 Å². The van der Waals surface area contributed by atoms with Gasteiger partial charge in [-0.15, -0.1) is 0 Å². The number of hydrogen-bond donors (Lipinski definition) is 2. The van der Waals surface area contributed by atoms with Crippen molar-refractivity contribution in [1.29, 1.82) is 0 Å². The molecule has 10 atom stereocenters. The Morgan fingerprint density at radius 2 is 1.61 bits per heavy atom. The smallest absolute Gasteiger partial charge is 0.303 e. The maximum absolute atomic E-state index is 12.0. The van der Waals surface area contributed by atoms with Gasteiger partial charge in [0.1, 0.15) is 48.8 Å². The van der Waals surface area contributed by atoms with Gasteiger partial charge in [0.2, 0.25) is 0 Å². The van der Waals surface area contributed by atoms with E-state index >= 15 is 0 Å². The highest BCUT2D eigenvalue weighted by atomic mass is 16.8. The van der Waals surface area contributed by atoms with E-state index in [0.29, 0.717) is 0 Å². The van der Waals surface area contributed by atoms with Crippen molar-refractivity contribution >= 4 is 5.97 Å². The lowest BCUT2D eigenvalue weighted by molar-refractivity contribution is -0.344. The minimum atomic E-state index is -1.26. The zero-order valence-electron chi connectivity index (χ0n) is 22.4. The van der Waals surface area contributed by atoms with E-state index in [0.717, 1.165) is 11.1 Å². The van der Waals surface area contributed by atoms with Crippen LogP contribution in [0.2, 0.25) is 0 Å². The first kappa shape index (κ1) is 29.4. The van der Waals surface area contributed by atoms with Gasteiger partial charge in [-0.25, -0.2) is 0 Å². The topological polar surface area (TPSA) is 171 Å². The van der Waals surface area contributed by atoms with Gasteiger partial charge < -0.3 is 43.4 Å². The van der Waals surface area contributed by atoms with Crippen molar-refractivity contribution in [1.82, 2.24) is 0 Å². The number of ether oxygens (including phenoxy) is 7. The summed E-state index contributed by atoms with van der Waals surface area (Å²) in [5, 5.41) is 25.0. The molecule has 0 saturated carbocycles. The minimum Gasteiger partial charge on any atom is -0.459 e. The second kappa shape index (κ2) is 13.7. The highest BCUT2D eigenvalue weighted by Gasteiger charge is 2.56. The van der Waals surface area contributed by atoms with E-state index in [1.165, 1.54) is 6.92 Å². The van der Waals surface area contributed by atoms with E-state index < -0.39 is 73.9 Å². The standard InChI is InChI=1S/C28H33N3O10/c1-16(33)38-24-21(30-31-29)27-37-15-20(40-27)23(24)41-28-26(36-14-18-10-6-3-7-11-18)25(22(34)19(12-32)39-28)35-13-17-8-4-2-5-9-17/h2-11,19-28,32,34H,12-15H2,1H3/t19-,20-,21-,22-,23-,24-,25+,26-,27-,28+/m1/s1. The quantitative estimate of drug-likeness (QED) is 0.176. The second-order valence-corrected chi connectivity index (χ2v) is 9.99. The maximum atomic E-state index is 12.0. The molecule has 2 bridgehead atoms. The van der Waals surface area contributed by atoms with Crippen molar-refractivity contribution in [2.45, 2.75) is 81.5 Å². The third-order valence-electron chi connectivity index (χ3n) is 7.19. The van der Waals surface area contributed by atoms with E-state index in [2.05, 4.69) is 10.0 Å². The molecule has 41 heavy (non-hydrogen) atoms. The van der Waals surface area contributed by atoms with Crippen LogP contribution in [0.3, 0.4) is 0 Å². The van der Waals surface area contributed by atoms with Crippen molar-refractivity contribution in [3.63, 3.8) is 0 Å². The largest absolute Gasteiger partial charge is 0.459 e. The van der Waals surface area contributed by atoms with Gasteiger partial charge in [-0.2, -0.15) is 0 Å². The fourth-order valence-corrected chi connectivity index (χ4v) is 5.23. The summed E-state index contributed by atoms with van der Waals surface area (Å²) in [7, 11) is 0. The molecule has 3 saturated heterocycles. The molecule has 3 aliphatic rings. The molecule has 0 spiro atoms. The van der Waals surface area contributed by atoms with Crippen molar-refractivity contribution < 1.29 is 48.2 Å². The summed E-state index contributed by atoms with van der Waals surface area (Å²) >= 11 is 0. The first-order valence-electron chi connectivity index (χ1n) is 13.4. The Balaban J connectivity index is 1.44. The lowest BCUT2D eigenvalue weighted by atomic mass is 9.96. The summed E-state index contributed by atoms with van der Waals surface area (Å²) in [6.07, 6.45) is -9.17. The van der Waals surface area contributed by atoms with Crippen molar-refractivity contribution in [2.24, 2.45) is 5.11 Å². The van der Waals surface area contributed by atoms with Crippen LogP contribution in [0.4, 0.5) is 0 Å². The highest BCUT2D eigenvalue weighted by molar-refractivity contribution is 5.66. The zero-order chi connectivity index (χ0) is 28.8. The van der Waals surface area contributed by atoms with Crippen LogP contribution in [0.25, 0.3) is 10.4 Å². The number of aliphatic hydroxyl groups excluding tert-OH is 2. The number of nitrogens with zero attached hydrogens (tertiary/aromatic N) is 3. The molecule has 0 aromatic heterocycles. The van der Waals surface area contributed by atoms with E-state index in [4.69, 9.17) is 38.7 Å². The van der Waals surface area contributed by atoms with Crippen LogP contribution < -0.4 is 0 Å². The number of fused-ring (bicyclic) bond motifs is 2. The summed E-state index contributed by atoms with van der Waals surface area (Å²) in [6, 6.07) is 17.8. The Kier molecular flexibility index (Phi) is 9.83. The van der Waals surface area contributed by atoms with Gasteiger partial charge in [-0.05, 0) is 16.7 Å². The molecule has 0 amide bonds. The number of aliphatic hydroxyl groups is 2. The van der Waals surface area contributed by atoms with Gasteiger partial charge in [0.15, 0.2) is 12.6 Å². The van der Waals surface area contributed by atoms with Gasteiger partial charge in [0.25, 0.3) is 0 Å².